The van der Waals surface area contributed by atoms with E-state index in [0.717, 1.165) is 0 Å². The topological polar surface area (TPSA) is 109 Å². The first-order chi connectivity index (χ1) is 15.4. The molecule has 0 fully saturated rings. The molecule has 0 saturated heterocycles. The van der Waals surface area contributed by atoms with E-state index in [0.29, 0.717) is 33.2 Å². The van der Waals surface area contributed by atoms with Gasteiger partial charge in [0.2, 0.25) is 5.76 Å². The van der Waals surface area contributed by atoms with Crippen LogP contribution in [0.5, 0.6) is 11.5 Å². The normalized spacial score (nSPS) is 11.5. The van der Waals surface area contributed by atoms with E-state index in [-0.39, 0.29) is 10.9 Å². The lowest BCUT2D eigenvalue weighted by Crippen LogP contribution is -2.20. The highest BCUT2D eigenvalue weighted by Gasteiger charge is 2.20. The zero-order valence-electron chi connectivity index (χ0n) is 16.5. The summed E-state index contributed by atoms with van der Waals surface area (Å²) in [5.74, 6) is -1.83. The molecule has 160 valence electrons. The Bertz CT molecular complexity index is 1370. The van der Waals surface area contributed by atoms with E-state index in [1.165, 1.54) is 0 Å². The van der Waals surface area contributed by atoms with E-state index in [1.54, 1.807) is 72.8 Å². The molecule has 0 aliphatic heterocycles. The molecule has 0 bridgehead atoms. The van der Waals surface area contributed by atoms with Gasteiger partial charge in [0, 0.05) is 16.0 Å². The number of halogens is 1. The van der Waals surface area contributed by atoms with Gasteiger partial charge in [0.1, 0.15) is 17.1 Å². The molecule has 0 aliphatic carbocycles. The summed E-state index contributed by atoms with van der Waals surface area (Å²) in [7, 11) is 0. The van der Waals surface area contributed by atoms with E-state index >= 15 is 0 Å². The number of fused-ring (bicyclic) bond motifs is 1. The maximum Gasteiger partial charge on any atom is 0.372 e. The van der Waals surface area contributed by atoms with E-state index < -0.39 is 24.1 Å². The molecular formula is C24H16ClNO6. The van der Waals surface area contributed by atoms with Crippen LogP contribution in [0.25, 0.3) is 11.0 Å². The molecule has 1 heterocycles. The summed E-state index contributed by atoms with van der Waals surface area (Å²) in [6, 6.07) is 20.5. The zero-order chi connectivity index (χ0) is 22.7. The van der Waals surface area contributed by atoms with Gasteiger partial charge in [-0.25, -0.2) is 9.79 Å². The minimum absolute atomic E-state index is 0.00908. The van der Waals surface area contributed by atoms with Crippen LogP contribution in [0.2, 0.25) is 5.02 Å². The summed E-state index contributed by atoms with van der Waals surface area (Å²) in [5, 5.41) is 20.2. The van der Waals surface area contributed by atoms with Crippen molar-refractivity contribution in [2.45, 2.75) is 6.42 Å². The second-order valence-electron chi connectivity index (χ2n) is 6.79. The second kappa shape index (κ2) is 8.95. The Kier molecular flexibility index (Phi) is 5.91. The first-order valence-electron chi connectivity index (χ1n) is 9.49. The lowest BCUT2D eigenvalue weighted by Gasteiger charge is -2.09. The smallest absolute Gasteiger partial charge is 0.372 e. The Balaban J connectivity index is 1.81. The number of carboxylic acids is 2. The van der Waals surface area contributed by atoms with Crippen LogP contribution in [0.3, 0.4) is 0 Å². The summed E-state index contributed by atoms with van der Waals surface area (Å²) in [6.45, 7) is 0. The number of hydrogen-bond acceptors (Lipinski definition) is 5. The Morgan fingerprint density at radius 2 is 1.53 bits per heavy atom. The summed E-state index contributed by atoms with van der Waals surface area (Å²) in [6.07, 6.45) is -0.549. The Hall–Kier alpha value is -4.10. The Morgan fingerprint density at radius 3 is 2.16 bits per heavy atom. The number of benzene rings is 3. The van der Waals surface area contributed by atoms with Crippen molar-refractivity contribution in [3.63, 3.8) is 0 Å². The molecule has 0 radical (unpaired) electrons. The van der Waals surface area contributed by atoms with Crippen LogP contribution in [0, 0.1) is 0 Å². The maximum atomic E-state index is 11.7. The number of aromatic carboxylic acids is 1. The van der Waals surface area contributed by atoms with Gasteiger partial charge in [-0.1, -0.05) is 23.7 Å². The predicted molar refractivity (Wildman–Crippen MR) is 118 cm³/mol. The van der Waals surface area contributed by atoms with Crippen molar-refractivity contribution in [1.29, 1.82) is 0 Å². The molecule has 0 aliphatic rings. The van der Waals surface area contributed by atoms with Gasteiger partial charge in [0.25, 0.3) is 0 Å². The molecule has 8 heteroatoms. The molecule has 2 N–H and O–H groups in total. The lowest BCUT2D eigenvalue weighted by molar-refractivity contribution is -0.136. The third-order valence-electron chi connectivity index (χ3n) is 4.56. The lowest BCUT2D eigenvalue weighted by atomic mass is 10.1. The van der Waals surface area contributed by atoms with Gasteiger partial charge in [-0.3, -0.25) is 4.79 Å². The largest absolute Gasteiger partial charge is 0.481 e. The summed E-state index contributed by atoms with van der Waals surface area (Å²) in [4.78, 5) is 27.7. The first kappa shape index (κ1) is 21.1. The molecule has 32 heavy (non-hydrogen) atoms. The van der Waals surface area contributed by atoms with Crippen molar-refractivity contribution in [3.05, 3.63) is 94.5 Å². The van der Waals surface area contributed by atoms with Crippen molar-refractivity contribution >= 4 is 40.2 Å². The number of nitrogens with zero attached hydrogens (tertiary/aromatic N) is 1. The molecule has 4 aromatic rings. The van der Waals surface area contributed by atoms with Crippen LogP contribution in [0.15, 0.2) is 82.2 Å². The van der Waals surface area contributed by atoms with Gasteiger partial charge in [-0.15, -0.1) is 0 Å². The van der Waals surface area contributed by atoms with Crippen LogP contribution in [-0.2, 0) is 11.2 Å². The number of para-hydroxylation sites is 1. The van der Waals surface area contributed by atoms with Gasteiger partial charge in [-0.2, -0.15) is 0 Å². The van der Waals surface area contributed by atoms with Crippen LogP contribution in [0.4, 0.5) is 5.69 Å². The molecule has 1 aromatic heterocycles. The van der Waals surface area contributed by atoms with Gasteiger partial charge < -0.3 is 19.4 Å². The minimum atomic E-state index is -1.37. The molecule has 0 saturated carbocycles. The molecule has 4 rings (SSSR count). The van der Waals surface area contributed by atoms with Crippen molar-refractivity contribution in [2.24, 2.45) is 4.99 Å². The molecule has 3 aromatic carbocycles. The average Bonchev–Trinajstić information content (AvgIpc) is 2.77. The van der Waals surface area contributed by atoms with Crippen molar-refractivity contribution in [1.82, 2.24) is 0 Å². The second-order valence-corrected chi connectivity index (χ2v) is 7.23. The maximum absolute atomic E-state index is 11.7. The number of carboxylic acid groups (broad SMARTS) is 2. The fraction of sp³-hybridized carbons (Fsp3) is 0.0417. The van der Waals surface area contributed by atoms with Gasteiger partial charge >= 0.3 is 11.9 Å². The average molecular weight is 450 g/mol. The number of rotatable bonds is 6. The van der Waals surface area contributed by atoms with Crippen LogP contribution >= 0.6 is 11.6 Å². The van der Waals surface area contributed by atoms with Crippen molar-refractivity contribution in [3.8, 4) is 11.5 Å². The molecule has 0 amide bonds. The van der Waals surface area contributed by atoms with E-state index in [4.69, 9.17) is 20.8 Å². The van der Waals surface area contributed by atoms with E-state index in [9.17, 15) is 19.8 Å². The molecule has 0 atom stereocenters. The van der Waals surface area contributed by atoms with Crippen LogP contribution in [0.1, 0.15) is 16.1 Å². The third-order valence-corrected chi connectivity index (χ3v) is 4.82. The quantitative estimate of drug-likeness (QED) is 0.406. The summed E-state index contributed by atoms with van der Waals surface area (Å²) < 4.78 is 11.2. The fourth-order valence-corrected chi connectivity index (χ4v) is 3.29. The highest BCUT2D eigenvalue weighted by atomic mass is 35.5. The SMILES string of the molecule is O=C(O)Cc1c(C(=O)O)oc2ccccc2c1=Nc1ccc(Oc2ccc(Cl)cc2)cc1. The monoisotopic (exact) mass is 449 g/mol. The Labute approximate surface area is 186 Å². The molecule has 0 unspecified atom stereocenters. The highest BCUT2D eigenvalue weighted by molar-refractivity contribution is 6.30. The highest BCUT2D eigenvalue weighted by Crippen LogP contribution is 2.25. The number of aliphatic carboxylic acids is 1. The Morgan fingerprint density at radius 1 is 0.906 bits per heavy atom. The summed E-state index contributed by atoms with van der Waals surface area (Å²) in [5.41, 5.74) is 0.776. The van der Waals surface area contributed by atoms with E-state index in [2.05, 4.69) is 4.99 Å². The standard InChI is InChI=1S/C24H16ClNO6/c25-14-5-9-16(10-6-14)31-17-11-7-15(8-12-17)26-22-18-3-1-2-4-20(18)32-23(24(29)30)19(22)13-21(27)28/h1-12H,13H2,(H,27,28)(H,29,30). The van der Waals surface area contributed by atoms with Crippen LogP contribution in [-0.4, -0.2) is 22.2 Å². The van der Waals surface area contributed by atoms with Crippen molar-refractivity contribution < 1.29 is 29.0 Å². The molecule has 7 nitrogen and oxygen atoms in total. The fourth-order valence-electron chi connectivity index (χ4n) is 3.17. The van der Waals surface area contributed by atoms with Crippen LogP contribution < -0.4 is 10.1 Å². The predicted octanol–water partition coefficient (Wildman–Crippen LogP) is 5.44. The molecule has 0 spiro atoms. The minimum Gasteiger partial charge on any atom is -0.481 e. The third kappa shape index (κ3) is 4.63. The molecular weight excluding hydrogens is 434 g/mol. The van der Waals surface area contributed by atoms with Crippen molar-refractivity contribution in [2.75, 3.05) is 0 Å². The number of ether oxygens (including phenoxy) is 1. The van der Waals surface area contributed by atoms with Gasteiger partial charge in [0.05, 0.1) is 17.5 Å². The number of hydrogen-bond donors (Lipinski definition) is 2. The first-order valence-corrected chi connectivity index (χ1v) is 9.86. The summed E-state index contributed by atoms with van der Waals surface area (Å²) >= 11 is 5.88. The number of carbonyl (C=O) groups is 2. The zero-order valence-corrected chi connectivity index (χ0v) is 17.2. The van der Waals surface area contributed by atoms with Gasteiger partial charge in [0.15, 0.2) is 0 Å². The van der Waals surface area contributed by atoms with Gasteiger partial charge in [-0.05, 0) is 60.7 Å². The van der Waals surface area contributed by atoms with E-state index in [1.807, 2.05) is 0 Å².